The molecule has 0 aromatic heterocycles. The second-order valence-electron chi connectivity index (χ2n) is 2.62. The highest BCUT2D eigenvalue weighted by atomic mass is 16.2. The zero-order valence-corrected chi connectivity index (χ0v) is 6.62. The number of hydrogen-bond donors (Lipinski definition) is 0. The van der Waals surface area contributed by atoms with Gasteiger partial charge in [0.25, 0.3) is 0 Å². The van der Waals surface area contributed by atoms with Crippen LogP contribution in [0.1, 0.15) is 19.8 Å². The van der Waals surface area contributed by atoms with E-state index in [-0.39, 0.29) is 5.91 Å². The lowest BCUT2D eigenvalue weighted by Crippen LogP contribution is -2.48. The monoisotopic (exact) mass is 156 g/mol. The van der Waals surface area contributed by atoms with E-state index in [1.165, 1.54) is 16.9 Å². The molecule has 0 bridgehead atoms. The lowest BCUT2D eigenvalue weighted by atomic mass is 10.2. The molecule has 0 unspecified atom stereocenters. The minimum Gasteiger partial charge on any atom is -0.277 e. The summed E-state index contributed by atoms with van der Waals surface area (Å²) in [6, 6.07) is 0. The minimum atomic E-state index is -0.0585. The van der Waals surface area contributed by atoms with Gasteiger partial charge in [-0.25, -0.2) is 0 Å². The maximum atomic E-state index is 10.9. The predicted molar refractivity (Wildman–Crippen MR) is 39.4 cm³/mol. The SMILES string of the molecule is CC(=O)N1CCCCN1C=O. The van der Waals surface area contributed by atoms with E-state index in [0.717, 1.165) is 12.8 Å². The van der Waals surface area contributed by atoms with Crippen molar-refractivity contribution in [3.05, 3.63) is 0 Å². The Morgan fingerprint density at radius 1 is 1.36 bits per heavy atom. The van der Waals surface area contributed by atoms with Crippen LogP contribution in [0.25, 0.3) is 0 Å². The van der Waals surface area contributed by atoms with Crippen molar-refractivity contribution in [3.8, 4) is 0 Å². The van der Waals surface area contributed by atoms with Gasteiger partial charge >= 0.3 is 0 Å². The Hall–Kier alpha value is -1.06. The standard InChI is InChI=1S/C7H12N2O2/c1-7(11)9-5-3-2-4-8(9)6-10/h6H,2-5H2,1H3. The Balaban J connectivity index is 2.58. The fourth-order valence-corrected chi connectivity index (χ4v) is 1.23. The first-order chi connectivity index (χ1) is 5.25. The summed E-state index contributed by atoms with van der Waals surface area (Å²) in [7, 11) is 0. The Bertz CT molecular complexity index is 170. The van der Waals surface area contributed by atoms with Crippen LogP contribution in [-0.4, -0.2) is 35.4 Å². The van der Waals surface area contributed by atoms with Crippen molar-refractivity contribution in [1.82, 2.24) is 10.0 Å². The highest BCUT2D eigenvalue weighted by Crippen LogP contribution is 2.08. The van der Waals surface area contributed by atoms with Crippen molar-refractivity contribution in [2.24, 2.45) is 0 Å². The quantitative estimate of drug-likeness (QED) is 0.501. The summed E-state index contributed by atoms with van der Waals surface area (Å²) in [5.74, 6) is -0.0585. The van der Waals surface area contributed by atoms with Crippen LogP contribution < -0.4 is 0 Å². The van der Waals surface area contributed by atoms with Gasteiger partial charge in [-0.2, -0.15) is 0 Å². The Morgan fingerprint density at radius 3 is 2.45 bits per heavy atom. The average Bonchev–Trinajstić information content (AvgIpc) is 2.04. The van der Waals surface area contributed by atoms with Crippen molar-refractivity contribution in [2.45, 2.75) is 19.8 Å². The van der Waals surface area contributed by atoms with Crippen LogP contribution in [0.3, 0.4) is 0 Å². The summed E-state index contributed by atoms with van der Waals surface area (Å²) < 4.78 is 0. The lowest BCUT2D eigenvalue weighted by molar-refractivity contribution is -0.158. The van der Waals surface area contributed by atoms with Gasteiger partial charge in [0.15, 0.2) is 0 Å². The molecular formula is C7H12N2O2. The normalized spacial score (nSPS) is 18.3. The second kappa shape index (κ2) is 3.37. The molecule has 0 saturated carbocycles. The zero-order chi connectivity index (χ0) is 8.27. The third kappa shape index (κ3) is 1.69. The molecule has 62 valence electrons. The van der Waals surface area contributed by atoms with Crippen molar-refractivity contribution in [2.75, 3.05) is 13.1 Å². The van der Waals surface area contributed by atoms with Gasteiger partial charge in [0.2, 0.25) is 12.3 Å². The Kier molecular flexibility index (Phi) is 2.46. The van der Waals surface area contributed by atoms with Gasteiger partial charge in [-0.05, 0) is 12.8 Å². The van der Waals surface area contributed by atoms with Crippen LogP contribution >= 0.6 is 0 Å². The van der Waals surface area contributed by atoms with Crippen molar-refractivity contribution in [1.29, 1.82) is 0 Å². The molecule has 1 aliphatic rings. The highest BCUT2D eigenvalue weighted by Gasteiger charge is 2.19. The molecule has 4 nitrogen and oxygen atoms in total. The summed E-state index contributed by atoms with van der Waals surface area (Å²) >= 11 is 0. The third-order valence-electron chi connectivity index (χ3n) is 1.80. The predicted octanol–water partition coefficient (Wildman–Crippen LogP) is 0.00210. The number of rotatable bonds is 1. The van der Waals surface area contributed by atoms with Crippen LogP contribution in [0.15, 0.2) is 0 Å². The van der Waals surface area contributed by atoms with E-state index in [1.807, 2.05) is 0 Å². The molecule has 11 heavy (non-hydrogen) atoms. The number of hydrogen-bond acceptors (Lipinski definition) is 2. The number of hydrazine groups is 1. The van der Waals surface area contributed by atoms with Crippen LogP contribution in [0.5, 0.6) is 0 Å². The largest absolute Gasteiger partial charge is 0.277 e. The number of carbonyl (C=O) groups excluding carboxylic acids is 2. The molecule has 1 heterocycles. The molecule has 4 heteroatoms. The smallest absolute Gasteiger partial charge is 0.238 e. The first-order valence-corrected chi connectivity index (χ1v) is 3.75. The van der Waals surface area contributed by atoms with E-state index >= 15 is 0 Å². The summed E-state index contributed by atoms with van der Waals surface area (Å²) in [6.45, 7) is 2.82. The maximum absolute atomic E-state index is 10.9. The molecule has 1 aliphatic heterocycles. The Labute approximate surface area is 65.7 Å². The summed E-state index contributed by atoms with van der Waals surface area (Å²) in [6.07, 6.45) is 2.69. The topological polar surface area (TPSA) is 40.6 Å². The van der Waals surface area contributed by atoms with E-state index < -0.39 is 0 Å². The summed E-state index contributed by atoms with van der Waals surface area (Å²) in [5.41, 5.74) is 0. The van der Waals surface area contributed by atoms with Gasteiger partial charge < -0.3 is 0 Å². The van der Waals surface area contributed by atoms with E-state index in [1.54, 1.807) is 0 Å². The fraction of sp³-hybridized carbons (Fsp3) is 0.714. The van der Waals surface area contributed by atoms with Gasteiger partial charge in [-0.15, -0.1) is 0 Å². The van der Waals surface area contributed by atoms with Crippen molar-refractivity contribution in [3.63, 3.8) is 0 Å². The van der Waals surface area contributed by atoms with Gasteiger partial charge in [-0.1, -0.05) is 0 Å². The van der Waals surface area contributed by atoms with Crippen LogP contribution in [0.2, 0.25) is 0 Å². The van der Waals surface area contributed by atoms with Crippen molar-refractivity contribution < 1.29 is 9.59 Å². The van der Waals surface area contributed by atoms with E-state index in [0.29, 0.717) is 19.5 Å². The molecule has 2 amide bonds. The van der Waals surface area contributed by atoms with E-state index in [4.69, 9.17) is 0 Å². The molecule has 0 aliphatic carbocycles. The third-order valence-corrected chi connectivity index (χ3v) is 1.80. The molecule has 0 aromatic rings. The molecule has 1 saturated heterocycles. The molecule has 0 aromatic carbocycles. The molecule has 0 radical (unpaired) electrons. The average molecular weight is 156 g/mol. The first kappa shape index (κ1) is 8.04. The van der Waals surface area contributed by atoms with Crippen LogP contribution in [0, 0.1) is 0 Å². The highest BCUT2D eigenvalue weighted by molar-refractivity contribution is 5.74. The molecule has 0 spiro atoms. The fourth-order valence-electron chi connectivity index (χ4n) is 1.23. The summed E-state index contributed by atoms with van der Waals surface area (Å²) in [4.78, 5) is 21.3. The molecule has 1 rings (SSSR count). The van der Waals surface area contributed by atoms with Gasteiger partial charge in [0.1, 0.15) is 0 Å². The van der Waals surface area contributed by atoms with Crippen LogP contribution in [0.4, 0.5) is 0 Å². The Morgan fingerprint density at radius 2 is 2.00 bits per heavy atom. The van der Waals surface area contributed by atoms with E-state index in [9.17, 15) is 9.59 Å². The number of amides is 2. The van der Waals surface area contributed by atoms with Gasteiger partial charge in [0, 0.05) is 20.0 Å². The van der Waals surface area contributed by atoms with Crippen molar-refractivity contribution >= 4 is 12.3 Å². The van der Waals surface area contributed by atoms with Crippen LogP contribution in [-0.2, 0) is 9.59 Å². The molecular weight excluding hydrogens is 144 g/mol. The molecule has 0 atom stereocenters. The first-order valence-electron chi connectivity index (χ1n) is 3.75. The lowest BCUT2D eigenvalue weighted by Gasteiger charge is -2.34. The molecule has 1 fully saturated rings. The number of nitrogens with zero attached hydrogens (tertiary/aromatic N) is 2. The van der Waals surface area contributed by atoms with E-state index in [2.05, 4.69) is 0 Å². The van der Waals surface area contributed by atoms with Gasteiger partial charge in [0.05, 0.1) is 0 Å². The minimum absolute atomic E-state index is 0.0585. The zero-order valence-electron chi connectivity index (χ0n) is 6.62. The maximum Gasteiger partial charge on any atom is 0.238 e. The summed E-state index contributed by atoms with van der Waals surface area (Å²) in [5, 5.41) is 2.92. The van der Waals surface area contributed by atoms with Gasteiger partial charge in [-0.3, -0.25) is 19.6 Å². The number of carbonyl (C=O) groups is 2. The second-order valence-corrected chi connectivity index (χ2v) is 2.62. The molecule has 0 N–H and O–H groups in total.